The molecule has 0 aliphatic carbocycles. The summed E-state index contributed by atoms with van der Waals surface area (Å²) in [5.74, 6) is 0.656. The van der Waals surface area contributed by atoms with Gasteiger partial charge in [0.15, 0.2) is 0 Å². The number of nitrogens with zero attached hydrogens (tertiary/aromatic N) is 3. The second-order valence-corrected chi connectivity index (χ2v) is 4.56. The maximum Gasteiger partial charge on any atom is 0.261 e. The van der Waals surface area contributed by atoms with Gasteiger partial charge in [0.1, 0.15) is 5.82 Å². The van der Waals surface area contributed by atoms with Gasteiger partial charge in [-0.25, -0.2) is 4.98 Å². The van der Waals surface area contributed by atoms with E-state index in [4.69, 9.17) is 0 Å². The van der Waals surface area contributed by atoms with Crippen molar-refractivity contribution >= 4 is 10.9 Å². The molecule has 0 spiro atoms. The van der Waals surface area contributed by atoms with Crippen molar-refractivity contribution in [2.45, 2.75) is 6.92 Å². The van der Waals surface area contributed by atoms with Crippen molar-refractivity contribution in [1.82, 2.24) is 14.5 Å². The highest BCUT2D eigenvalue weighted by atomic mass is 16.1. The second-order valence-electron chi connectivity index (χ2n) is 4.56. The van der Waals surface area contributed by atoms with Crippen LogP contribution in [0.15, 0.2) is 47.5 Å². The predicted octanol–water partition coefficient (Wildman–Crippen LogP) is 2.30. The lowest BCUT2D eigenvalue weighted by Gasteiger charge is -2.09. The molecule has 0 bridgehead atoms. The third-order valence-electron chi connectivity index (χ3n) is 3.17. The summed E-state index contributed by atoms with van der Waals surface area (Å²) in [6.45, 7) is 1.97. The Kier molecular flexibility index (Phi) is 2.63. The number of hydrogen-bond acceptors (Lipinski definition) is 3. The van der Waals surface area contributed by atoms with E-state index >= 15 is 0 Å². The van der Waals surface area contributed by atoms with E-state index in [0.717, 1.165) is 16.6 Å². The molecule has 19 heavy (non-hydrogen) atoms. The Morgan fingerprint density at radius 3 is 2.58 bits per heavy atom. The van der Waals surface area contributed by atoms with Gasteiger partial charge >= 0.3 is 0 Å². The van der Waals surface area contributed by atoms with Crippen molar-refractivity contribution in [3.8, 4) is 11.4 Å². The molecule has 2 aromatic heterocycles. The lowest BCUT2D eigenvalue weighted by Crippen LogP contribution is -2.20. The molecule has 3 aromatic rings. The number of hydrogen-bond donors (Lipinski definition) is 0. The predicted molar refractivity (Wildman–Crippen MR) is 75.0 cm³/mol. The summed E-state index contributed by atoms with van der Waals surface area (Å²) in [5.41, 5.74) is 2.64. The molecule has 1 aromatic carbocycles. The molecule has 0 N–H and O–H groups in total. The first-order valence-electron chi connectivity index (χ1n) is 6.04. The lowest BCUT2D eigenvalue weighted by molar-refractivity contribution is 0.855. The summed E-state index contributed by atoms with van der Waals surface area (Å²) >= 11 is 0. The summed E-state index contributed by atoms with van der Waals surface area (Å²) in [6, 6.07) is 9.42. The van der Waals surface area contributed by atoms with Gasteiger partial charge in [-0.3, -0.25) is 14.3 Å². The Morgan fingerprint density at radius 2 is 1.84 bits per heavy atom. The molecule has 0 saturated carbocycles. The zero-order valence-electron chi connectivity index (χ0n) is 10.8. The van der Waals surface area contributed by atoms with E-state index in [9.17, 15) is 4.79 Å². The molecule has 0 aliphatic rings. The molecule has 0 amide bonds. The summed E-state index contributed by atoms with van der Waals surface area (Å²) in [6.07, 6.45) is 3.39. The monoisotopic (exact) mass is 251 g/mol. The molecular formula is C15H13N3O. The van der Waals surface area contributed by atoms with Gasteiger partial charge in [-0.2, -0.15) is 0 Å². The maximum atomic E-state index is 12.4. The number of pyridine rings is 1. The van der Waals surface area contributed by atoms with Gasteiger partial charge in [-0.1, -0.05) is 11.6 Å². The highest BCUT2D eigenvalue weighted by molar-refractivity contribution is 5.80. The van der Waals surface area contributed by atoms with E-state index in [0.29, 0.717) is 11.2 Å². The highest BCUT2D eigenvalue weighted by Crippen LogP contribution is 2.17. The Bertz CT molecular complexity index is 807. The van der Waals surface area contributed by atoms with Gasteiger partial charge < -0.3 is 0 Å². The smallest absolute Gasteiger partial charge is 0.261 e. The molecule has 0 unspecified atom stereocenters. The average molecular weight is 251 g/mol. The van der Waals surface area contributed by atoms with Gasteiger partial charge in [0, 0.05) is 25.0 Å². The molecule has 0 radical (unpaired) electrons. The van der Waals surface area contributed by atoms with E-state index in [1.54, 1.807) is 24.0 Å². The van der Waals surface area contributed by atoms with Crippen LogP contribution < -0.4 is 5.56 Å². The Morgan fingerprint density at radius 1 is 1.11 bits per heavy atom. The van der Waals surface area contributed by atoms with Crippen LogP contribution in [-0.4, -0.2) is 14.5 Å². The van der Waals surface area contributed by atoms with Crippen molar-refractivity contribution in [2.75, 3.05) is 0 Å². The molecular weight excluding hydrogens is 238 g/mol. The van der Waals surface area contributed by atoms with Crippen LogP contribution in [0.3, 0.4) is 0 Å². The summed E-state index contributed by atoms with van der Waals surface area (Å²) in [4.78, 5) is 20.9. The van der Waals surface area contributed by atoms with Gasteiger partial charge in [-0.15, -0.1) is 0 Å². The molecule has 0 saturated heterocycles. The fourth-order valence-electron chi connectivity index (χ4n) is 2.14. The van der Waals surface area contributed by atoms with Crippen LogP contribution in [0.5, 0.6) is 0 Å². The molecule has 2 heterocycles. The van der Waals surface area contributed by atoms with Crippen molar-refractivity contribution in [3.05, 3.63) is 58.6 Å². The van der Waals surface area contributed by atoms with Crippen LogP contribution in [0.4, 0.5) is 0 Å². The van der Waals surface area contributed by atoms with Gasteiger partial charge in [0.2, 0.25) is 0 Å². The Labute approximate surface area is 110 Å². The van der Waals surface area contributed by atoms with Gasteiger partial charge in [-0.05, 0) is 31.2 Å². The van der Waals surface area contributed by atoms with Crippen molar-refractivity contribution in [2.24, 2.45) is 7.05 Å². The summed E-state index contributed by atoms with van der Waals surface area (Å²) in [5, 5.41) is 0.653. The standard InChI is InChI=1S/C15H13N3O/c1-10-3-4-13-12(9-10)15(19)18(2)14(17-13)11-5-7-16-8-6-11/h3-9H,1-2H3. The van der Waals surface area contributed by atoms with E-state index in [2.05, 4.69) is 9.97 Å². The third-order valence-corrected chi connectivity index (χ3v) is 3.17. The Hall–Kier alpha value is -2.49. The zero-order valence-corrected chi connectivity index (χ0v) is 10.8. The van der Waals surface area contributed by atoms with Crippen LogP contribution in [-0.2, 0) is 7.05 Å². The first-order valence-corrected chi connectivity index (χ1v) is 6.04. The van der Waals surface area contributed by atoms with E-state index in [-0.39, 0.29) is 5.56 Å². The quantitative estimate of drug-likeness (QED) is 0.666. The molecule has 4 nitrogen and oxygen atoms in total. The molecule has 94 valence electrons. The second kappa shape index (κ2) is 4.31. The third kappa shape index (κ3) is 1.91. The van der Waals surface area contributed by atoms with Crippen molar-refractivity contribution in [1.29, 1.82) is 0 Å². The van der Waals surface area contributed by atoms with Crippen molar-refractivity contribution < 1.29 is 0 Å². The number of aryl methyl sites for hydroxylation is 1. The van der Waals surface area contributed by atoms with Crippen LogP contribution in [0.2, 0.25) is 0 Å². The lowest BCUT2D eigenvalue weighted by atomic mass is 10.1. The minimum absolute atomic E-state index is 0.0273. The summed E-state index contributed by atoms with van der Waals surface area (Å²) in [7, 11) is 1.74. The fourth-order valence-corrected chi connectivity index (χ4v) is 2.14. The number of rotatable bonds is 1. The molecule has 0 atom stereocenters. The highest BCUT2D eigenvalue weighted by Gasteiger charge is 2.09. The van der Waals surface area contributed by atoms with Crippen LogP contribution in [0, 0.1) is 6.92 Å². The maximum absolute atomic E-state index is 12.4. The Balaban J connectivity index is 2.37. The molecule has 4 heteroatoms. The molecule has 3 rings (SSSR count). The van der Waals surface area contributed by atoms with Crippen LogP contribution in [0.25, 0.3) is 22.3 Å². The van der Waals surface area contributed by atoms with Gasteiger partial charge in [0.05, 0.1) is 10.9 Å². The SMILES string of the molecule is Cc1ccc2nc(-c3ccncc3)n(C)c(=O)c2c1. The topological polar surface area (TPSA) is 47.8 Å². The fraction of sp³-hybridized carbons (Fsp3) is 0.133. The largest absolute Gasteiger partial charge is 0.295 e. The van der Waals surface area contributed by atoms with Crippen LogP contribution in [0.1, 0.15) is 5.56 Å². The normalized spacial score (nSPS) is 10.8. The van der Waals surface area contributed by atoms with E-state index in [1.807, 2.05) is 37.3 Å². The number of fused-ring (bicyclic) bond motifs is 1. The molecule has 0 fully saturated rings. The number of aromatic nitrogens is 3. The minimum atomic E-state index is -0.0273. The van der Waals surface area contributed by atoms with Crippen LogP contribution >= 0.6 is 0 Å². The van der Waals surface area contributed by atoms with Crippen molar-refractivity contribution in [3.63, 3.8) is 0 Å². The summed E-state index contributed by atoms with van der Waals surface area (Å²) < 4.78 is 1.58. The average Bonchev–Trinajstić information content (AvgIpc) is 2.44. The first kappa shape index (κ1) is 11.6. The first-order chi connectivity index (χ1) is 9.16. The minimum Gasteiger partial charge on any atom is -0.295 e. The van der Waals surface area contributed by atoms with E-state index < -0.39 is 0 Å². The molecule has 0 aliphatic heterocycles. The van der Waals surface area contributed by atoms with E-state index in [1.165, 1.54) is 0 Å². The van der Waals surface area contributed by atoms with Gasteiger partial charge in [0.25, 0.3) is 5.56 Å². The zero-order chi connectivity index (χ0) is 13.4. The number of benzene rings is 1.